The fraction of sp³-hybridized carbons (Fsp3) is 1.00. The molecule has 2 fully saturated rings. The SMILES string of the molecule is COC1CN(CC2(CNC(C)(C)C)CCOC2)CCC1C. The zero-order chi connectivity index (χ0) is 15.5. The molecule has 4 heteroatoms. The molecule has 2 aliphatic heterocycles. The van der Waals surface area contributed by atoms with Crippen LogP contribution in [0.5, 0.6) is 0 Å². The summed E-state index contributed by atoms with van der Waals surface area (Å²) >= 11 is 0. The van der Waals surface area contributed by atoms with Crippen molar-refractivity contribution in [3.05, 3.63) is 0 Å². The monoisotopic (exact) mass is 298 g/mol. The maximum absolute atomic E-state index is 5.74. The second-order valence-corrected chi connectivity index (χ2v) is 8.18. The van der Waals surface area contributed by atoms with Gasteiger partial charge in [0.1, 0.15) is 0 Å². The van der Waals surface area contributed by atoms with Crippen molar-refractivity contribution in [1.29, 1.82) is 0 Å². The van der Waals surface area contributed by atoms with Crippen LogP contribution in [0, 0.1) is 11.3 Å². The van der Waals surface area contributed by atoms with Crippen molar-refractivity contribution in [3.63, 3.8) is 0 Å². The van der Waals surface area contributed by atoms with E-state index in [0.717, 1.165) is 32.8 Å². The van der Waals surface area contributed by atoms with E-state index in [0.29, 0.717) is 12.0 Å². The van der Waals surface area contributed by atoms with Crippen LogP contribution in [0.15, 0.2) is 0 Å². The second kappa shape index (κ2) is 6.95. The smallest absolute Gasteiger partial charge is 0.0724 e. The number of nitrogens with one attached hydrogen (secondary N) is 1. The largest absolute Gasteiger partial charge is 0.381 e. The van der Waals surface area contributed by atoms with Crippen LogP contribution >= 0.6 is 0 Å². The standard InChI is InChI=1S/C17H34N2O2/c1-14-6-8-19(10-15(14)20-5)12-17(7-9-21-13-17)11-18-16(2,3)4/h14-15,18H,6-13H2,1-5H3. The van der Waals surface area contributed by atoms with Gasteiger partial charge in [-0.3, -0.25) is 0 Å². The Hall–Kier alpha value is -0.160. The van der Waals surface area contributed by atoms with E-state index in [2.05, 4.69) is 37.9 Å². The molecule has 0 saturated carbocycles. The van der Waals surface area contributed by atoms with Crippen LogP contribution < -0.4 is 5.32 Å². The molecule has 3 atom stereocenters. The highest BCUT2D eigenvalue weighted by atomic mass is 16.5. The Kier molecular flexibility index (Phi) is 5.69. The Morgan fingerprint density at radius 3 is 2.71 bits per heavy atom. The summed E-state index contributed by atoms with van der Waals surface area (Å²) in [5.74, 6) is 0.676. The molecule has 0 radical (unpaired) electrons. The first-order valence-electron chi connectivity index (χ1n) is 8.41. The fourth-order valence-corrected chi connectivity index (χ4v) is 3.44. The van der Waals surface area contributed by atoms with Crippen molar-refractivity contribution < 1.29 is 9.47 Å². The molecule has 0 bridgehead atoms. The van der Waals surface area contributed by atoms with Crippen molar-refractivity contribution in [2.45, 2.75) is 52.2 Å². The van der Waals surface area contributed by atoms with Crippen molar-refractivity contribution >= 4 is 0 Å². The van der Waals surface area contributed by atoms with E-state index in [9.17, 15) is 0 Å². The summed E-state index contributed by atoms with van der Waals surface area (Å²) in [6, 6.07) is 0. The molecule has 2 saturated heterocycles. The lowest BCUT2D eigenvalue weighted by molar-refractivity contribution is -0.0197. The maximum atomic E-state index is 5.74. The van der Waals surface area contributed by atoms with Crippen LogP contribution in [0.4, 0.5) is 0 Å². The van der Waals surface area contributed by atoms with Gasteiger partial charge < -0.3 is 19.7 Å². The normalized spacial score (nSPS) is 35.3. The molecular formula is C17H34N2O2. The number of piperidine rings is 1. The van der Waals surface area contributed by atoms with E-state index in [4.69, 9.17) is 9.47 Å². The van der Waals surface area contributed by atoms with Crippen molar-refractivity contribution in [3.8, 4) is 0 Å². The van der Waals surface area contributed by atoms with Gasteiger partial charge in [-0.15, -0.1) is 0 Å². The number of nitrogens with zero attached hydrogens (tertiary/aromatic N) is 1. The lowest BCUT2D eigenvalue weighted by Crippen LogP contribution is -2.52. The van der Waals surface area contributed by atoms with E-state index in [1.807, 2.05) is 7.11 Å². The zero-order valence-electron chi connectivity index (χ0n) is 14.6. The van der Waals surface area contributed by atoms with Crippen LogP contribution in [-0.4, -0.2) is 63.0 Å². The van der Waals surface area contributed by atoms with Crippen LogP contribution in [0.2, 0.25) is 0 Å². The van der Waals surface area contributed by atoms with Gasteiger partial charge in [0.2, 0.25) is 0 Å². The van der Waals surface area contributed by atoms with E-state index >= 15 is 0 Å². The van der Waals surface area contributed by atoms with Gasteiger partial charge in [-0.2, -0.15) is 0 Å². The Balaban J connectivity index is 1.93. The highest BCUT2D eigenvalue weighted by Crippen LogP contribution is 2.31. The molecule has 3 unspecified atom stereocenters. The summed E-state index contributed by atoms with van der Waals surface area (Å²) in [5.41, 5.74) is 0.438. The number of hydrogen-bond acceptors (Lipinski definition) is 4. The number of likely N-dealkylation sites (tertiary alicyclic amines) is 1. The van der Waals surface area contributed by atoms with Crippen molar-refractivity contribution in [1.82, 2.24) is 10.2 Å². The van der Waals surface area contributed by atoms with Crippen LogP contribution in [0.1, 0.15) is 40.5 Å². The maximum Gasteiger partial charge on any atom is 0.0724 e. The minimum Gasteiger partial charge on any atom is -0.381 e. The number of ether oxygens (including phenoxy) is 2. The molecule has 21 heavy (non-hydrogen) atoms. The van der Waals surface area contributed by atoms with E-state index < -0.39 is 0 Å². The first kappa shape index (κ1) is 17.2. The molecule has 1 N–H and O–H groups in total. The summed E-state index contributed by atoms with van der Waals surface area (Å²) in [6.45, 7) is 15.2. The van der Waals surface area contributed by atoms with Gasteiger partial charge in [0, 0.05) is 44.3 Å². The highest BCUT2D eigenvalue weighted by molar-refractivity contribution is 4.92. The Labute approximate surface area is 130 Å². The molecule has 0 aromatic rings. The van der Waals surface area contributed by atoms with Gasteiger partial charge in [0.05, 0.1) is 12.7 Å². The van der Waals surface area contributed by atoms with E-state index in [-0.39, 0.29) is 11.0 Å². The van der Waals surface area contributed by atoms with Gasteiger partial charge >= 0.3 is 0 Å². The Bertz CT molecular complexity index is 321. The molecule has 2 heterocycles. The van der Waals surface area contributed by atoms with Crippen LogP contribution in [0.25, 0.3) is 0 Å². The molecule has 0 aromatic heterocycles. The molecular weight excluding hydrogens is 264 g/mol. The topological polar surface area (TPSA) is 33.7 Å². The summed E-state index contributed by atoms with van der Waals surface area (Å²) in [7, 11) is 1.85. The third-order valence-corrected chi connectivity index (χ3v) is 5.01. The van der Waals surface area contributed by atoms with Gasteiger partial charge in [0.15, 0.2) is 0 Å². The highest BCUT2D eigenvalue weighted by Gasteiger charge is 2.39. The van der Waals surface area contributed by atoms with E-state index in [1.54, 1.807) is 0 Å². The van der Waals surface area contributed by atoms with Crippen molar-refractivity contribution in [2.24, 2.45) is 11.3 Å². The van der Waals surface area contributed by atoms with Gasteiger partial charge in [0.25, 0.3) is 0 Å². The number of methoxy groups -OCH3 is 1. The summed E-state index contributed by atoms with van der Waals surface area (Å²) in [6.07, 6.45) is 2.79. The first-order valence-corrected chi connectivity index (χ1v) is 8.41. The lowest BCUT2D eigenvalue weighted by Gasteiger charge is -2.41. The predicted molar refractivity (Wildman–Crippen MR) is 86.6 cm³/mol. The van der Waals surface area contributed by atoms with Crippen molar-refractivity contribution in [2.75, 3.05) is 46.5 Å². The van der Waals surface area contributed by atoms with Gasteiger partial charge in [-0.25, -0.2) is 0 Å². The lowest BCUT2D eigenvalue weighted by atomic mass is 9.84. The third-order valence-electron chi connectivity index (χ3n) is 5.01. The fourth-order valence-electron chi connectivity index (χ4n) is 3.44. The van der Waals surface area contributed by atoms with E-state index in [1.165, 1.54) is 19.4 Å². The average Bonchev–Trinajstić information content (AvgIpc) is 2.87. The molecule has 124 valence electrons. The molecule has 2 rings (SSSR count). The summed E-state index contributed by atoms with van der Waals surface area (Å²) in [5, 5.41) is 3.69. The first-order chi connectivity index (χ1) is 9.84. The van der Waals surface area contributed by atoms with Crippen LogP contribution in [-0.2, 0) is 9.47 Å². The van der Waals surface area contributed by atoms with Gasteiger partial charge in [-0.1, -0.05) is 6.92 Å². The average molecular weight is 298 g/mol. The number of hydrogen-bond donors (Lipinski definition) is 1. The Morgan fingerprint density at radius 2 is 2.14 bits per heavy atom. The molecule has 0 amide bonds. The third kappa shape index (κ3) is 4.92. The summed E-state index contributed by atoms with van der Waals surface area (Å²) < 4.78 is 11.4. The molecule has 2 aliphatic rings. The predicted octanol–water partition coefficient (Wildman–Crippen LogP) is 2.14. The minimum atomic E-state index is 0.168. The second-order valence-electron chi connectivity index (χ2n) is 8.18. The molecule has 0 aromatic carbocycles. The molecule has 0 aliphatic carbocycles. The zero-order valence-corrected chi connectivity index (χ0v) is 14.6. The number of rotatable bonds is 5. The summed E-state index contributed by atoms with van der Waals surface area (Å²) in [4.78, 5) is 2.59. The molecule has 0 spiro atoms. The minimum absolute atomic E-state index is 0.168. The Morgan fingerprint density at radius 1 is 1.38 bits per heavy atom. The molecule has 4 nitrogen and oxygen atoms in total. The van der Waals surface area contributed by atoms with Gasteiger partial charge in [-0.05, 0) is 46.1 Å². The quantitative estimate of drug-likeness (QED) is 0.843. The van der Waals surface area contributed by atoms with Crippen LogP contribution in [0.3, 0.4) is 0 Å².